The van der Waals surface area contributed by atoms with E-state index in [0.29, 0.717) is 26.0 Å². The van der Waals surface area contributed by atoms with Crippen molar-refractivity contribution in [1.82, 2.24) is 15.1 Å². The van der Waals surface area contributed by atoms with Gasteiger partial charge in [0.25, 0.3) is 5.91 Å². The summed E-state index contributed by atoms with van der Waals surface area (Å²) in [5, 5.41) is 2.91. The fraction of sp³-hybridized carbons (Fsp3) is 0.524. The summed E-state index contributed by atoms with van der Waals surface area (Å²) in [4.78, 5) is 52.5. The van der Waals surface area contributed by atoms with E-state index in [1.54, 1.807) is 24.0 Å². The molecule has 0 radical (unpaired) electrons. The molecular weight excluding hydrogens is 445 g/mol. The molecule has 10 heteroatoms. The van der Waals surface area contributed by atoms with Crippen LogP contribution in [0.15, 0.2) is 18.2 Å². The lowest BCUT2D eigenvalue weighted by atomic mass is 9.98. The molecule has 1 aromatic rings. The van der Waals surface area contributed by atoms with Gasteiger partial charge in [-0.05, 0) is 38.8 Å². The van der Waals surface area contributed by atoms with Gasteiger partial charge in [0.1, 0.15) is 6.04 Å². The van der Waals surface area contributed by atoms with E-state index in [1.807, 2.05) is 0 Å². The average molecular weight is 472 g/mol. The van der Waals surface area contributed by atoms with Gasteiger partial charge >= 0.3 is 5.97 Å². The van der Waals surface area contributed by atoms with Gasteiger partial charge < -0.3 is 19.9 Å². The van der Waals surface area contributed by atoms with Crippen LogP contribution in [0.1, 0.15) is 37.0 Å². The van der Waals surface area contributed by atoms with Gasteiger partial charge in [0.2, 0.25) is 11.8 Å². The molecule has 170 valence electrons. The minimum atomic E-state index is -0.881. The molecule has 8 nitrogen and oxygen atoms in total. The molecule has 1 N–H and O–H groups in total. The number of carbonyl (C=O) groups excluding carboxylic acids is 4. The van der Waals surface area contributed by atoms with Gasteiger partial charge in [0, 0.05) is 20.1 Å². The number of halogens is 2. The van der Waals surface area contributed by atoms with Crippen LogP contribution in [0.5, 0.6) is 0 Å². The quantitative estimate of drug-likeness (QED) is 0.615. The summed E-state index contributed by atoms with van der Waals surface area (Å²) in [5.74, 6) is -1.89. The molecule has 0 spiro atoms. The normalized spacial score (nSPS) is 16.9. The third kappa shape index (κ3) is 6.58. The van der Waals surface area contributed by atoms with Crippen LogP contribution in [0, 0.1) is 5.92 Å². The van der Waals surface area contributed by atoms with Crippen molar-refractivity contribution in [3.05, 3.63) is 33.8 Å². The van der Waals surface area contributed by atoms with Crippen LogP contribution >= 0.6 is 23.2 Å². The molecule has 0 aliphatic carbocycles. The molecule has 1 saturated heterocycles. The van der Waals surface area contributed by atoms with Crippen LogP contribution in [0.25, 0.3) is 0 Å². The van der Waals surface area contributed by atoms with Crippen LogP contribution in [-0.2, 0) is 19.1 Å². The Morgan fingerprint density at radius 3 is 2.68 bits per heavy atom. The van der Waals surface area contributed by atoms with Gasteiger partial charge in [0.05, 0.1) is 34.7 Å². The van der Waals surface area contributed by atoms with E-state index in [1.165, 1.54) is 24.9 Å². The van der Waals surface area contributed by atoms with Crippen LogP contribution in [0.3, 0.4) is 0 Å². The molecule has 0 bridgehead atoms. The number of piperidine rings is 1. The second kappa shape index (κ2) is 11.3. The lowest BCUT2D eigenvalue weighted by molar-refractivity contribution is -0.152. The third-order valence-corrected chi connectivity index (χ3v) is 5.88. The second-order valence-corrected chi connectivity index (χ2v) is 8.21. The van der Waals surface area contributed by atoms with Gasteiger partial charge in [-0.3, -0.25) is 19.2 Å². The summed E-state index contributed by atoms with van der Waals surface area (Å²) in [6, 6.07) is 3.77. The summed E-state index contributed by atoms with van der Waals surface area (Å²) >= 11 is 12.0. The number of carbonyl (C=O) groups is 4. The van der Waals surface area contributed by atoms with E-state index < -0.39 is 17.9 Å². The van der Waals surface area contributed by atoms with Crippen molar-refractivity contribution in [3.63, 3.8) is 0 Å². The number of ether oxygens (including phenoxy) is 1. The Hall–Kier alpha value is -2.32. The zero-order chi connectivity index (χ0) is 23.1. The number of benzene rings is 1. The SMILES string of the molecule is CCOC(=O)[C@H]1CCCN(C(=O)CN(C)C(=O)[C@H](C)NC(=O)c2cccc(Cl)c2Cl)C1. The average Bonchev–Trinajstić information content (AvgIpc) is 2.75. The highest BCUT2D eigenvalue weighted by Gasteiger charge is 2.31. The molecule has 0 saturated carbocycles. The maximum absolute atomic E-state index is 12.6. The predicted octanol–water partition coefficient (Wildman–Crippen LogP) is 2.37. The van der Waals surface area contributed by atoms with Crippen molar-refractivity contribution in [2.45, 2.75) is 32.7 Å². The molecule has 1 heterocycles. The minimum absolute atomic E-state index is 0.103. The molecule has 0 unspecified atom stereocenters. The molecule has 1 fully saturated rings. The fourth-order valence-corrected chi connectivity index (χ4v) is 3.77. The van der Waals surface area contributed by atoms with Gasteiger partial charge in [-0.2, -0.15) is 0 Å². The smallest absolute Gasteiger partial charge is 0.310 e. The minimum Gasteiger partial charge on any atom is -0.466 e. The standard InChI is InChI=1S/C21H27Cl2N3O5/c1-4-31-21(30)14-7-6-10-26(11-14)17(27)12-25(3)20(29)13(2)24-19(28)15-8-5-9-16(22)18(15)23/h5,8-9,13-14H,4,6-7,10-12H2,1-3H3,(H,24,28)/t13-,14-/m0/s1. The first-order chi connectivity index (χ1) is 14.6. The Morgan fingerprint density at radius 2 is 2.00 bits per heavy atom. The van der Waals surface area contributed by atoms with Crippen molar-refractivity contribution in [3.8, 4) is 0 Å². The van der Waals surface area contributed by atoms with Gasteiger partial charge in [-0.25, -0.2) is 0 Å². The first-order valence-corrected chi connectivity index (χ1v) is 10.9. The predicted molar refractivity (Wildman–Crippen MR) is 117 cm³/mol. The summed E-state index contributed by atoms with van der Waals surface area (Å²) in [6.07, 6.45) is 1.37. The second-order valence-electron chi connectivity index (χ2n) is 7.42. The summed E-state index contributed by atoms with van der Waals surface area (Å²) in [6.45, 7) is 4.20. The Labute approximate surface area is 191 Å². The molecule has 3 amide bonds. The zero-order valence-corrected chi connectivity index (χ0v) is 19.3. The summed E-state index contributed by atoms with van der Waals surface area (Å²) in [5.41, 5.74) is 0.158. The fourth-order valence-electron chi connectivity index (χ4n) is 3.38. The van der Waals surface area contributed by atoms with Gasteiger partial charge in [-0.15, -0.1) is 0 Å². The Balaban J connectivity index is 1.92. The topological polar surface area (TPSA) is 96.0 Å². The Kier molecular flexibility index (Phi) is 9.13. The third-order valence-electron chi connectivity index (χ3n) is 5.06. The molecule has 1 aliphatic heterocycles. The van der Waals surface area contributed by atoms with E-state index >= 15 is 0 Å². The maximum Gasteiger partial charge on any atom is 0.310 e. The first kappa shape index (κ1) is 24.9. The van der Waals surface area contributed by atoms with Crippen molar-refractivity contribution >= 4 is 46.9 Å². The molecule has 1 aromatic carbocycles. The van der Waals surface area contributed by atoms with Crippen molar-refractivity contribution in [1.29, 1.82) is 0 Å². The van der Waals surface area contributed by atoms with Crippen LogP contribution in [-0.4, -0.2) is 72.8 Å². The number of hydrogen-bond acceptors (Lipinski definition) is 5. The largest absolute Gasteiger partial charge is 0.466 e. The highest BCUT2D eigenvalue weighted by Crippen LogP contribution is 2.25. The van der Waals surface area contributed by atoms with E-state index in [4.69, 9.17) is 27.9 Å². The molecule has 2 atom stereocenters. The number of likely N-dealkylation sites (N-methyl/N-ethyl adjacent to an activating group) is 1. The number of nitrogens with zero attached hydrogens (tertiary/aromatic N) is 2. The Bertz CT molecular complexity index is 848. The first-order valence-electron chi connectivity index (χ1n) is 10.1. The van der Waals surface area contributed by atoms with Crippen molar-refractivity contribution in [2.24, 2.45) is 5.92 Å². The van der Waals surface area contributed by atoms with E-state index in [-0.39, 0.29) is 46.5 Å². The molecule has 0 aromatic heterocycles. The Morgan fingerprint density at radius 1 is 1.29 bits per heavy atom. The number of hydrogen-bond donors (Lipinski definition) is 1. The lowest BCUT2D eigenvalue weighted by Crippen LogP contribution is -2.50. The van der Waals surface area contributed by atoms with Gasteiger partial charge in [-0.1, -0.05) is 29.3 Å². The number of nitrogens with one attached hydrogen (secondary N) is 1. The van der Waals surface area contributed by atoms with Crippen molar-refractivity contribution < 1.29 is 23.9 Å². The van der Waals surface area contributed by atoms with Crippen molar-refractivity contribution in [2.75, 3.05) is 33.3 Å². The summed E-state index contributed by atoms with van der Waals surface area (Å²) < 4.78 is 5.05. The van der Waals surface area contributed by atoms with Crippen LogP contribution in [0.4, 0.5) is 0 Å². The molecule has 1 aliphatic rings. The maximum atomic E-state index is 12.6. The van der Waals surface area contributed by atoms with E-state index in [9.17, 15) is 19.2 Å². The molecule has 2 rings (SSSR count). The van der Waals surface area contributed by atoms with E-state index in [0.717, 1.165) is 0 Å². The lowest BCUT2D eigenvalue weighted by Gasteiger charge is -2.33. The number of esters is 1. The number of amides is 3. The molecule has 31 heavy (non-hydrogen) atoms. The molecular formula is C21H27Cl2N3O5. The van der Waals surface area contributed by atoms with E-state index in [2.05, 4.69) is 5.32 Å². The number of rotatable bonds is 7. The number of likely N-dealkylation sites (tertiary alicyclic amines) is 1. The zero-order valence-electron chi connectivity index (χ0n) is 17.8. The van der Waals surface area contributed by atoms with Crippen LogP contribution in [0.2, 0.25) is 10.0 Å². The monoisotopic (exact) mass is 471 g/mol. The highest BCUT2D eigenvalue weighted by atomic mass is 35.5. The van der Waals surface area contributed by atoms with Gasteiger partial charge in [0.15, 0.2) is 0 Å². The highest BCUT2D eigenvalue weighted by molar-refractivity contribution is 6.43. The van der Waals surface area contributed by atoms with Crippen LogP contribution < -0.4 is 5.32 Å². The summed E-state index contributed by atoms with van der Waals surface area (Å²) in [7, 11) is 1.49.